The number of hydrogen-bond donors (Lipinski definition) is 2. The Balaban J connectivity index is 1.53. The SMILES string of the molecule is COc1cccc(CN2C(=O)NC3C(SNC3c3ccccn3)C2=O)c1. The van der Waals surface area contributed by atoms with E-state index in [4.69, 9.17) is 4.74 Å². The van der Waals surface area contributed by atoms with Crippen LogP contribution in [0.1, 0.15) is 17.3 Å². The summed E-state index contributed by atoms with van der Waals surface area (Å²) in [5.74, 6) is 0.495. The zero-order valence-corrected chi connectivity index (χ0v) is 14.9. The van der Waals surface area contributed by atoms with Crippen LogP contribution in [-0.2, 0) is 11.3 Å². The lowest BCUT2D eigenvalue weighted by atomic mass is 9.99. The van der Waals surface area contributed by atoms with Gasteiger partial charge in [0.05, 0.1) is 31.4 Å². The van der Waals surface area contributed by atoms with Crippen molar-refractivity contribution in [1.29, 1.82) is 0 Å². The van der Waals surface area contributed by atoms with E-state index in [1.807, 2.05) is 42.5 Å². The van der Waals surface area contributed by atoms with Gasteiger partial charge in [-0.2, -0.15) is 0 Å². The Labute approximate surface area is 155 Å². The summed E-state index contributed by atoms with van der Waals surface area (Å²) in [5.41, 5.74) is 1.64. The Hall–Kier alpha value is -2.58. The van der Waals surface area contributed by atoms with Gasteiger partial charge < -0.3 is 10.1 Å². The molecular formula is C18H18N4O3S. The molecule has 2 N–H and O–H groups in total. The molecule has 7 nitrogen and oxygen atoms in total. The van der Waals surface area contributed by atoms with Gasteiger partial charge in [-0.05, 0) is 29.8 Å². The summed E-state index contributed by atoms with van der Waals surface area (Å²) < 4.78 is 8.45. The van der Waals surface area contributed by atoms with Gasteiger partial charge in [0.15, 0.2) is 0 Å². The van der Waals surface area contributed by atoms with Crippen LogP contribution in [0.3, 0.4) is 0 Å². The number of nitrogens with one attached hydrogen (secondary N) is 2. The largest absolute Gasteiger partial charge is 0.497 e. The van der Waals surface area contributed by atoms with Crippen LogP contribution in [-0.4, -0.2) is 40.2 Å². The number of benzene rings is 1. The Morgan fingerprint density at radius 3 is 2.88 bits per heavy atom. The smallest absolute Gasteiger partial charge is 0.324 e. The summed E-state index contributed by atoms with van der Waals surface area (Å²) >= 11 is 1.34. The van der Waals surface area contributed by atoms with Crippen LogP contribution in [0, 0.1) is 0 Å². The molecule has 26 heavy (non-hydrogen) atoms. The second kappa shape index (κ2) is 6.97. The topological polar surface area (TPSA) is 83.6 Å². The van der Waals surface area contributed by atoms with E-state index >= 15 is 0 Å². The first kappa shape index (κ1) is 16.9. The minimum atomic E-state index is -0.385. The van der Waals surface area contributed by atoms with Crippen molar-refractivity contribution in [3.63, 3.8) is 0 Å². The minimum Gasteiger partial charge on any atom is -0.497 e. The fourth-order valence-electron chi connectivity index (χ4n) is 3.21. The number of amides is 3. The van der Waals surface area contributed by atoms with Gasteiger partial charge in [0.1, 0.15) is 11.0 Å². The van der Waals surface area contributed by atoms with Crippen LogP contribution in [0.15, 0.2) is 48.7 Å². The van der Waals surface area contributed by atoms with Gasteiger partial charge >= 0.3 is 6.03 Å². The number of nitrogens with zero attached hydrogens (tertiary/aromatic N) is 2. The van der Waals surface area contributed by atoms with Crippen molar-refractivity contribution in [2.24, 2.45) is 0 Å². The Kier molecular flexibility index (Phi) is 4.52. The fraction of sp³-hybridized carbons (Fsp3) is 0.278. The summed E-state index contributed by atoms with van der Waals surface area (Å²) in [4.78, 5) is 31.1. The number of fused-ring (bicyclic) bond motifs is 1. The average Bonchev–Trinajstić information content (AvgIpc) is 3.10. The molecule has 1 aromatic carbocycles. The van der Waals surface area contributed by atoms with E-state index in [0.717, 1.165) is 11.3 Å². The maximum atomic E-state index is 12.9. The van der Waals surface area contributed by atoms with E-state index in [-0.39, 0.29) is 35.8 Å². The molecule has 8 heteroatoms. The first-order chi connectivity index (χ1) is 12.7. The number of ether oxygens (including phenoxy) is 1. The van der Waals surface area contributed by atoms with Crippen molar-refractivity contribution in [1.82, 2.24) is 19.9 Å². The molecule has 3 unspecified atom stereocenters. The van der Waals surface area contributed by atoms with E-state index in [1.54, 1.807) is 13.3 Å². The molecule has 134 valence electrons. The summed E-state index contributed by atoms with van der Waals surface area (Å²) in [7, 11) is 1.58. The number of rotatable bonds is 4. The van der Waals surface area contributed by atoms with E-state index in [0.29, 0.717) is 5.75 Å². The predicted octanol–water partition coefficient (Wildman–Crippen LogP) is 1.87. The van der Waals surface area contributed by atoms with E-state index in [1.165, 1.54) is 16.8 Å². The monoisotopic (exact) mass is 370 g/mol. The van der Waals surface area contributed by atoms with Gasteiger partial charge in [-0.25, -0.2) is 4.79 Å². The average molecular weight is 370 g/mol. The zero-order valence-electron chi connectivity index (χ0n) is 14.1. The molecule has 3 amide bonds. The number of aromatic nitrogens is 1. The quantitative estimate of drug-likeness (QED) is 0.800. The summed E-state index contributed by atoms with van der Waals surface area (Å²) in [5, 5.41) is 2.58. The van der Waals surface area contributed by atoms with E-state index in [2.05, 4.69) is 15.0 Å². The maximum Gasteiger partial charge on any atom is 0.324 e. The van der Waals surface area contributed by atoms with Gasteiger partial charge in [-0.1, -0.05) is 30.1 Å². The highest BCUT2D eigenvalue weighted by Crippen LogP contribution is 2.36. The highest BCUT2D eigenvalue weighted by atomic mass is 32.2. The molecule has 1 aromatic heterocycles. The van der Waals surface area contributed by atoms with Crippen LogP contribution in [0.5, 0.6) is 5.75 Å². The maximum absolute atomic E-state index is 12.9. The number of carbonyl (C=O) groups excluding carboxylic acids is 2. The highest BCUT2D eigenvalue weighted by Gasteiger charge is 2.49. The number of methoxy groups -OCH3 is 1. The third-order valence-electron chi connectivity index (χ3n) is 4.53. The molecule has 0 spiro atoms. The van der Waals surface area contributed by atoms with Gasteiger partial charge in [0, 0.05) is 6.20 Å². The van der Waals surface area contributed by atoms with E-state index < -0.39 is 0 Å². The first-order valence-corrected chi connectivity index (χ1v) is 9.12. The van der Waals surface area contributed by atoms with Crippen LogP contribution >= 0.6 is 11.9 Å². The molecule has 2 aromatic rings. The molecule has 2 aliphatic heterocycles. The first-order valence-electron chi connectivity index (χ1n) is 8.24. The molecule has 3 heterocycles. The normalized spacial score (nSPS) is 25.0. The molecule has 0 saturated carbocycles. The van der Waals surface area contributed by atoms with Crippen molar-refractivity contribution >= 4 is 23.9 Å². The summed E-state index contributed by atoms with van der Waals surface area (Å²) in [6, 6.07) is 12.1. The zero-order chi connectivity index (χ0) is 18.1. The van der Waals surface area contributed by atoms with Crippen molar-refractivity contribution in [3.8, 4) is 5.75 Å². The van der Waals surface area contributed by atoms with Gasteiger partial charge in [-0.15, -0.1) is 0 Å². The molecule has 0 aliphatic carbocycles. The number of urea groups is 1. The Morgan fingerprint density at radius 1 is 1.23 bits per heavy atom. The molecule has 2 fully saturated rings. The van der Waals surface area contributed by atoms with E-state index in [9.17, 15) is 9.59 Å². The third-order valence-corrected chi connectivity index (χ3v) is 5.67. The Bertz CT molecular complexity index is 832. The summed E-state index contributed by atoms with van der Waals surface area (Å²) in [6.07, 6.45) is 1.70. The van der Waals surface area contributed by atoms with Crippen molar-refractivity contribution < 1.29 is 14.3 Å². The fourth-order valence-corrected chi connectivity index (χ4v) is 4.37. The number of hydrogen-bond acceptors (Lipinski definition) is 6. The second-order valence-electron chi connectivity index (χ2n) is 6.14. The van der Waals surface area contributed by atoms with Crippen LogP contribution in [0.25, 0.3) is 0 Å². The summed E-state index contributed by atoms with van der Waals surface area (Å²) in [6.45, 7) is 0.208. The number of imide groups is 1. The van der Waals surface area contributed by atoms with Crippen molar-refractivity contribution in [3.05, 3.63) is 59.9 Å². The predicted molar refractivity (Wildman–Crippen MR) is 97.4 cm³/mol. The molecule has 2 saturated heterocycles. The number of carbonyl (C=O) groups is 2. The molecule has 4 rings (SSSR count). The van der Waals surface area contributed by atoms with Gasteiger partial charge in [0.25, 0.3) is 0 Å². The third kappa shape index (κ3) is 3.02. The number of pyridine rings is 1. The molecule has 0 bridgehead atoms. The standard InChI is InChI=1S/C18H18N4O3S/c1-25-12-6-4-5-11(9-12)10-22-17(23)16-15(20-18(22)24)14(21-26-16)13-7-2-3-8-19-13/h2-9,14-16,21H,10H2,1H3,(H,20,24). The molecule has 3 atom stereocenters. The van der Waals surface area contributed by atoms with Crippen molar-refractivity contribution in [2.75, 3.05) is 7.11 Å². The molecule has 0 radical (unpaired) electrons. The second-order valence-corrected chi connectivity index (χ2v) is 7.12. The lowest BCUT2D eigenvalue weighted by molar-refractivity contribution is -0.130. The molecular weight excluding hydrogens is 352 g/mol. The Morgan fingerprint density at radius 2 is 2.12 bits per heavy atom. The van der Waals surface area contributed by atoms with Crippen LogP contribution in [0.2, 0.25) is 0 Å². The highest BCUT2D eigenvalue weighted by molar-refractivity contribution is 7.99. The van der Waals surface area contributed by atoms with Crippen molar-refractivity contribution in [2.45, 2.75) is 23.9 Å². The lowest BCUT2D eigenvalue weighted by Crippen LogP contribution is -2.61. The molecule has 2 aliphatic rings. The van der Waals surface area contributed by atoms with Crippen LogP contribution in [0.4, 0.5) is 4.79 Å². The van der Waals surface area contributed by atoms with Gasteiger partial charge in [0.2, 0.25) is 5.91 Å². The van der Waals surface area contributed by atoms with Crippen LogP contribution < -0.4 is 14.8 Å². The lowest BCUT2D eigenvalue weighted by Gasteiger charge is -2.34. The van der Waals surface area contributed by atoms with Gasteiger partial charge in [-0.3, -0.25) is 19.4 Å². The minimum absolute atomic E-state index is 0.196.